The SMILES string of the molecule is Cc1ccc2c(oc3c(-c4nc(-c5ccccc5)cc(-c5ccccc5)n4)cccc32)c1-c1n(C)cc[n+]1C. The quantitative estimate of drug-likeness (QED) is 0.232. The Balaban J connectivity index is 1.51. The van der Waals surface area contributed by atoms with Crippen LogP contribution < -0.4 is 4.57 Å². The normalized spacial score (nSPS) is 11.5. The summed E-state index contributed by atoms with van der Waals surface area (Å²) in [6.07, 6.45) is 4.13. The molecule has 0 saturated carbocycles. The van der Waals surface area contributed by atoms with E-state index in [1.54, 1.807) is 0 Å². The van der Waals surface area contributed by atoms with Gasteiger partial charge in [0, 0.05) is 21.9 Å². The van der Waals surface area contributed by atoms with E-state index in [9.17, 15) is 0 Å². The molecular weight excluding hydrogens is 480 g/mol. The second kappa shape index (κ2) is 9.07. The molecule has 7 aromatic rings. The second-order valence-corrected chi connectivity index (χ2v) is 9.96. The predicted octanol–water partition coefficient (Wildman–Crippen LogP) is 7.52. The number of imidazole rings is 1. The fraction of sp³-hybridized carbons (Fsp3) is 0.0882. The van der Waals surface area contributed by atoms with E-state index in [0.717, 1.165) is 67.0 Å². The third kappa shape index (κ3) is 3.82. The summed E-state index contributed by atoms with van der Waals surface area (Å²) in [6.45, 7) is 2.13. The highest BCUT2D eigenvalue weighted by molar-refractivity contribution is 6.12. The largest absolute Gasteiger partial charge is 0.454 e. The van der Waals surface area contributed by atoms with Crippen LogP contribution in [0.2, 0.25) is 0 Å². The van der Waals surface area contributed by atoms with Gasteiger partial charge in [-0.15, -0.1) is 0 Å². The van der Waals surface area contributed by atoms with Crippen LogP contribution in [0.5, 0.6) is 0 Å². The Kier molecular flexibility index (Phi) is 5.37. The number of hydrogen-bond donors (Lipinski definition) is 0. The van der Waals surface area contributed by atoms with Gasteiger partial charge in [-0.05, 0) is 24.6 Å². The highest BCUT2D eigenvalue weighted by Crippen LogP contribution is 2.40. The summed E-state index contributed by atoms with van der Waals surface area (Å²) < 4.78 is 11.0. The van der Waals surface area contributed by atoms with Gasteiger partial charge in [0.1, 0.15) is 23.5 Å². The molecule has 5 nitrogen and oxygen atoms in total. The Bertz CT molecular complexity index is 1910. The smallest absolute Gasteiger partial charge is 0.292 e. The molecule has 0 N–H and O–H groups in total. The highest BCUT2D eigenvalue weighted by atomic mass is 16.3. The van der Waals surface area contributed by atoms with Crippen molar-refractivity contribution in [3.8, 4) is 45.3 Å². The molecule has 0 bridgehead atoms. The van der Waals surface area contributed by atoms with E-state index < -0.39 is 0 Å². The zero-order chi connectivity index (χ0) is 26.5. The molecule has 0 radical (unpaired) electrons. The topological polar surface area (TPSA) is 47.7 Å². The maximum atomic E-state index is 6.77. The lowest BCUT2D eigenvalue weighted by Crippen LogP contribution is -2.29. The summed E-state index contributed by atoms with van der Waals surface area (Å²) in [7, 11) is 4.13. The number of nitrogens with zero attached hydrogens (tertiary/aromatic N) is 4. The van der Waals surface area contributed by atoms with Crippen molar-refractivity contribution in [2.75, 3.05) is 0 Å². The molecule has 188 valence electrons. The van der Waals surface area contributed by atoms with E-state index in [4.69, 9.17) is 14.4 Å². The van der Waals surface area contributed by atoms with Crippen LogP contribution in [0.3, 0.4) is 0 Å². The monoisotopic (exact) mass is 507 g/mol. The Labute approximate surface area is 226 Å². The maximum Gasteiger partial charge on any atom is 0.292 e. The third-order valence-electron chi connectivity index (χ3n) is 7.39. The summed E-state index contributed by atoms with van der Waals surface area (Å²) in [5.74, 6) is 1.73. The number of rotatable bonds is 4. The van der Waals surface area contributed by atoms with Crippen molar-refractivity contribution >= 4 is 21.9 Å². The molecule has 0 aliphatic heterocycles. The van der Waals surface area contributed by atoms with Crippen molar-refractivity contribution in [3.63, 3.8) is 0 Å². The van der Waals surface area contributed by atoms with Crippen LogP contribution in [0.15, 0.2) is 114 Å². The van der Waals surface area contributed by atoms with E-state index in [1.165, 1.54) is 0 Å². The van der Waals surface area contributed by atoms with Gasteiger partial charge in [-0.1, -0.05) is 84.9 Å². The first-order valence-corrected chi connectivity index (χ1v) is 13.0. The minimum Gasteiger partial charge on any atom is -0.454 e. The van der Waals surface area contributed by atoms with Gasteiger partial charge in [-0.3, -0.25) is 0 Å². The molecule has 39 heavy (non-hydrogen) atoms. The lowest BCUT2D eigenvalue weighted by molar-refractivity contribution is -0.659. The molecule has 5 heteroatoms. The molecule has 0 atom stereocenters. The Morgan fingerprint density at radius 3 is 1.97 bits per heavy atom. The van der Waals surface area contributed by atoms with Crippen LogP contribution in [-0.2, 0) is 14.1 Å². The molecule has 0 aliphatic carbocycles. The van der Waals surface area contributed by atoms with E-state index in [1.807, 2.05) is 36.4 Å². The molecule has 0 fully saturated rings. The number of benzene rings is 4. The maximum absolute atomic E-state index is 6.77. The van der Waals surface area contributed by atoms with Crippen LogP contribution in [0.4, 0.5) is 0 Å². The van der Waals surface area contributed by atoms with Crippen LogP contribution in [0, 0.1) is 6.92 Å². The second-order valence-electron chi connectivity index (χ2n) is 9.96. The number of para-hydroxylation sites is 1. The number of aryl methyl sites for hydroxylation is 3. The summed E-state index contributed by atoms with van der Waals surface area (Å²) in [6, 6.07) is 33.1. The first-order chi connectivity index (χ1) is 19.1. The van der Waals surface area contributed by atoms with Crippen LogP contribution in [-0.4, -0.2) is 14.5 Å². The van der Waals surface area contributed by atoms with Gasteiger partial charge in [0.05, 0.1) is 31.0 Å². The van der Waals surface area contributed by atoms with Crippen LogP contribution in [0.1, 0.15) is 5.56 Å². The molecule has 3 heterocycles. The van der Waals surface area contributed by atoms with Crippen molar-refractivity contribution in [1.82, 2.24) is 14.5 Å². The molecular formula is C34H27N4O+. The van der Waals surface area contributed by atoms with Crippen molar-refractivity contribution in [2.45, 2.75) is 6.92 Å². The molecule has 0 unspecified atom stereocenters. The molecule has 7 rings (SSSR count). The lowest BCUT2D eigenvalue weighted by atomic mass is 10.0. The van der Waals surface area contributed by atoms with Gasteiger partial charge in [0.2, 0.25) is 0 Å². The third-order valence-corrected chi connectivity index (χ3v) is 7.39. The first-order valence-electron chi connectivity index (χ1n) is 13.0. The molecule has 0 saturated heterocycles. The molecule has 0 amide bonds. The van der Waals surface area contributed by atoms with Crippen molar-refractivity contribution < 1.29 is 8.98 Å². The van der Waals surface area contributed by atoms with Gasteiger partial charge in [-0.25, -0.2) is 19.1 Å². The van der Waals surface area contributed by atoms with E-state index in [2.05, 4.69) is 103 Å². The number of hydrogen-bond acceptors (Lipinski definition) is 3. The lowest BCUT2D eigenvalue weighted by Gasteiger charge is -2.09. The zero-order valence-electron chi connectivity index (χ0n) is 22.1. The summed E-state index contributed by atoms with van der Waals surface area (Å²) in [4.78, 5) is 10.1. The molecule has 0 spiro atoms. The summed E-state index contributed by atoms with van der Waals surface area (Å²) in [5, 5.41) is 2.13. The van der Waals surface area contributed by atoms with Gasteiger partial charge < -0.3 is 4.42 Å². The minimum atomic E-state index is 0.641. The highest BCUT2D eigenvalue weighted by Gasteiger charge is 2.25. The van der Waals surface area contributed by atoms with Crippen LogP contribution in [0.25, 0.3) is 67.2 Å². The Hall–Kier alpha value is -5.03. The van der Waals surface area contributed by atoms with E-state index >= 15 is 0 Å². The first kappa shape index (κ1) is 23.1. The molecule has 0 aliphatic rings. The summed E-state index contributed by atoms with van der Waals surface area (Å²) in [5.41, 5.74) is 8.63. The Morgan fingerprint density at radius 2 is 1.36 bits per heavy atom. The van der Waals surface area contributed by atoms with Crippen LogP contribution >= 0.6 is 0 Å². The number of furan rings is 1. The fourth-order valence-corrected chi connectivity index (χ4v) is 5.44. The fourth-order valence-electron chi connectivity index (χ4n) is 5.44. The zero-order valence-corrected chi connectivity index (χ0v) is 22.1. The minimum absolute atomic E-state index is 0.641. The number of aromatic nitrogens is 4. The standard InChI is InChI=1S/C34H27N4O/c1-22-17-18-26-25-15-10-16-27(31(25)39-32(26)30(22)34-37(2)19-20-38(34)3)33-35-28(23-11-6-4-7-12-23)21-29(36-33)24-13-8-5-9-14-24/h4-21H,1-3H3/q+1. The summed E-state index contributed by atoms with van der Waals surface area (Å²) >= 11 is 0. The molecule has 4 aromatic carbocycles. The average molecular weight is 508 g/mol. The van der Waals surface area contributed by atoms with Gasteiger partial charge in [-0.2, -0.15) is 0 Å². The predicted molar refractivity (Wildman–Crippen MR) is 156 cm³/mol. The van der Waals surface area contributed by atoms with Crippen molar-refractivity contribution in [3.05, 3.63) is 115 Å². The number of fused-ring (bicyclic) bond motifs is 3. The van der Waals surface area contributed by atoms with E-state index in [-0.39, 0.29) is 0 Å². The molecule has 3 aromatic heterocycles. The van der Waals surface area contributed by atoms with Crippen molar-refractivity contribution in [1.29, 1.82) is 0 Å². The Morgan fingerprint density at radius 1 is 0.718 bits per heavy atom. The van der Waals surface area contributed by atoms with Crippen molar-refractivity contribution in [2.24, 2.45) is 14.1 Å². The van der Waals surface area contributed by atoms with Gasteiger partial charge in [0.25, 0.3) is 5.82 Å². The van der Waals surface area contributed by atoms with E-state index in [0.29, 0.717) is 5.82 Å². The van der Waals surface area contributed by atoms with Gasteiger partial charge in [0.15, 0.2) is 11.4 Å². The van der Waals surface area contributed by atoms with Gasteiger partial charge >= 0.3 is 0 Å². The average Bonchev–Trinajstić information content (AvgIpc) is 3.52.